The molecule has 3 aromatic heterocycles. The predicted molar refractivity (Wildman–Crippen MR) is 130 cm³/mol. The van der Waals surface area contributed by atoms with E-state index in [0.717, 1.165) is 21.9 Å². The Balaban J connectivity index is 1.58. The fourth-order valence-electron chi connectivity index (χ4n) is 3.24. The first kappa shape index (κ1) is 23.0. The van der Waals surface area contributed by atoms with Gasteiger partial charge in [0.15, 0.2) is 0 Å². The molecular weight excluding hydrogens is 476 g/mol. The van der Waals surface area contributed by atoms with E-state index in [2.05, 4.69) is 21.7 Å². The number of anilines is 2. The number of fused-ring (bicyclic) bond motifs is 1. The van der Waals surface area contributed by atoms with E-state index in [1.807, 2.05) is 4.72 Å². The summed E-state index contributed by atoms with van der Waals surface area (Å²) in [7, 11) is -2.25. The molecule has 0 saturated carbocycles. The summed E-state index contributed by atoms with van der Waals surface area (Å²) >= 11 is 1.05. The highest BCUT2D eigenvalue weighted by Gasteiger charge is 2.19. The van der Waals surface area contributed by atoms with Crippen molar-refractivity contribution in [2.45, 2.75) is 11.1 Å². The molecule has 0 atom stereocenters. The quantitative estimate of drug-likeness (QED) is 0.386. The second-order valence-electron chi connectivity index (χ2n) is 7.17. The van der Waals surface area contributed by atoms with Crippen molar-refractivity contribution < 1.29 is 13.2 Å². The zero-order chi connectivity index (χ0) is 24.5. The number of thiophene rings is 1. The molecule has 172 valence electrons. The number of hydrogen-bond donors (Lipinski definition) is 3. The molecule has 0 saturated heterocycles. The average Bonchev–Trinajstić information content (AvgIpc) is 3.27. The minimum Gasteiger partial charge on any atom is -0.388 e. The predicted octanol–water partition coefficient (Wildman–Crippen LogP) is 3.18. The molecular formula is C22H18N6O4S2. The Kier molecular flexibility index (Phi) is 6.06. The van der Waals surface area contributed by atoms with Crippen LogP contribution in [0.4, 0.5) is 16.2 Å². The van der Waals surface area contributed by atoms with E-state index in [0.29, 0.717) is 16.3 Å². The SMILES string of the molecule is CNc1ccc2c(=O)n(-c3ccc(NC(=O)NS(=O)(=O)c4ccc(C)s4)cn3)cc(C#N)c2c1. The standard InChI is InChI=1S/C22H18N6O4S2/c1-13-3-8-20(33-13)34(31,32)27-22(30)26-16-5-7-19(25-11-16)28-12-14(10-23)18-9-15(24-2)4-6-17(18)21(28)29/h3-9,11-12,24H,1-2H3,(H2,26,27,30). The summed E-state index contributed by atoms with van der Waals surface area (Å²) < 4.78 is 27.8. The van der Waals surface area contributed by atoms with Crippen LogP contribution in [0.5, 0.6) is 0 Å². The first-order chi connectivity index (χ1) is 16.2. The monoisotopic (exact) mass is 494 g/mol. The van der Waals surface area contributed by atoms with Crippen molar-refractivity contribution in [1.82, 2.24) is 14.3 Å². The molecule has 4 aromatic rings. The third-order valence-electron chi connectivity index (χ3n) is 4.89. The van der Waals surface area contributed by atoms with Crippen LogP contribution in [-0.4, -0.2) is 31.0 Å². The van der Waals surface area contributed by atoms with Gasteiger partial charge in [-0.25, -0.2) is 22.9 Å². The number of amides is 2. The minimum atomic E-state index is -3.99. The number of carbonyl (C=O) groups excluding carboxylic acids is 1. The Labute approximate surface area is 198 Å². The summed E-state index contributed by atoms with van der Waals surface area (Å²) in [4.78, 5) is 30.2. The molecule has 0 spiro atoms. The summed E-state index contributed by atoms with van der Waals surface area (Å²) in [5.41, 5.74) is 0.917. The molecule has 0 aliphatic carbocycles. The first-order valence-electron chi connectivity index (χ1n) is 9.86. The maximum atomic E-state index is 13.0. The lowest BCUT2D eigenvalue weighted by atomic mass is 10.1. The van der Waals surface area contributed by atoms with E-state index in [9.17, 15) is 23.3 Å². The van der Waals surface area contributed by atoms with E-state index in [-0.39, 0.29) is 21.3 Å². The smallest absolute Gasteiger partial charge is 0.333 e. The number of aryl methyl sites for hydroxylation is 1. The van der Waals surface area contributed by atoms with Crippen LogP contribution in [0.3, 0.4) is 0 Å². The van der Waals surface area contributed by atoms with Gasteiger partial charge in [-0.3, -0.25) is 9.36 Å². The van der Waals surface area contributed by atoms with Crippen molar-refractivity contribution in [1.29, 1.82) is 5.26 Å². The highest BCUT2D eigenvalue weighted by atomic mass is 32.2. The number of aromatic nitrogens is 2. The lowest BCUT2D eigenvalue weighted by Gasteiger charge is -2.11. The van der Waals surface area contributed by atoms with Crippen molar-refractivity contribution in [2.24, 2.45) is 0 Å². The molecule has 4 rings (SSSR count). The van der Waals surface area contributed by atoms with E-state index in [4.69, 9.17) is 0 Å². The van der Waals surface area contributed by atoms with Gasteiger partial charge in [0.1, 0.15) is 16.1 Å². The van der Waals surface area contributed by atoms with Crippen molar-refractivity contribution in [3.05, 3.63) is 75.7 Å². The number of nitrogens with zero attached hydrogens (tertiary/aromatic N) is 3. The Morgan fingerprint density at radius 2 is 1.88 bits per heavy atom. The van der Waals surface area contributed by atoms with Crippen LogP contribution < -0.4 is 20.9 Å². The number of pyridine rings is 2. The molecule has 2 amide bonds. The largest absolute Gasteiger partial charge is 0.388 e. The van der Waals surface area contributed by atoms with Crippen LogP contribution in [0.2, 0.25) is 0 Å². The average molecular weight is 495 g/mol. The van der Waals surface area contributed by atoms with Gasteiger partial charge < -0.3 is 10.6 Å². The number of benzene rings is 1. The Bertz CT molecular complexity index is 1620. The lowest BCUT2D eigenvalue weighted by Crippen LogP contribution is -2.34. The summed E-state index contributed by atoms with van der Waals surface area (Å²) in [5.74, 6) is 0.230. The van der Waals surface area contributed by atoms with Crippen molar-refractivity contribution in [3.8, 4) is 11.9 Å². The Morgan fingerprint density at radius 1 is 1.12 bits per heavy atom. The van der Waals surface area contributed by atoms with Crippen LogP contribution in [0.1, 0.15) is 10.4 Å². The second kappa shape index (κ2) is 8.97. The summed E-state index contributed by atoms with van der Waals surface area (Å²) in [5, 5.41) is 15.8. The molecule has 0 radical (unpaired) electrons. The molecule has 1 aromatic carbocycles. The molecule has 10 nitrogen and oxygen atoms in total. The number of nitrogens with one attached hydrogen (secondary N) is 3. The molecule has 12 heteroatoms. The maximum absolute atomic E-state index is 13.0. The van der Waals surface area contributed by atoms with Crippen molar-refractivity contribution in [2.75, 3.05) is 17.7 Å². The Morgan fingerprint density at radius 3 is 2.50 bits per heavy atom. The molecule has 0 aliphatic heterocycles. The van der Waals surface area contributed by atoms with E-state index in [1.54, 1.807) is 38.2 Å². The van der Waals surface area contributed by atoms with Gasteiger partial charge in [-0.05, 0) is 49.4 Å². The number of rotatable bonds is 5. The number of hydrogen-bond acceptors (Lipinski definition) is 8. The maximum Gasteiger partial charge on any atom is 0.333 e. The van der Waals surface area contributed by atoms with E-state index < -0.39 is 16.1 Å². The lowest BCUT2D eigenvalue weighted by molar-refractivity contribution is 0.256. The van der Waals surface area contributed by atoms with Crippen LogP contribution in [-0.2, 0) is 10.0 Å². The van der Waals surface area contributed by atoms with Crippen molar-refractivity contribution >= 4 is 49.5 Å². The minimum absolute atomic E-state index is 0.0273. The van der Waals surface area contributed by atoms with Gasteiger partial charge in [0.25, 0.3) is 15.6 Å². The number of nitriles is 1. The van der Waals surface area contributed by atoms with Gasteiger partial charge in [-0.15, -0.1) is 11.3 Å². The molecule has 0 aliphatic rings. The number of carbonyl (C=O) groups is 1. The zero-order valence-corrected chi connectivity index (χ0v) is 19.6. The fraction of sp³-hybridized carbons (Fsp3) is 0.0909. The highest BCUT2D eigenvalue weighted by Crippen LogP contribution is 2.22. The molecule has 34 heavy (non-hydrogen) atoms. The second-order valence-corrected chi connectivity index (χ2v) is 10.4. The van der Waals surface area contributed by atoms with Crippen LogP contribution in [0.15, 0.2) is 63.9 Å². The van der Waals surface area contributed by atoms with Gasteiger partial charge in [0, 0.05) is 34.6 Å². The molecule has 3 heterocycles. The first-order valence-corrected chi connectivity index (χ1v) is 12.2. The third-order valence-corrected chi connectivity index (χ3v) is 7.71. The van der Waals surface area contributed by atoms with Gasteiger partial charge in [0.05, 0.1) is 17.4 Å². The van der Waals surface area contributed by atoms with Gasteiger partial charge >= 0.3 is 6.03 Å². The van der Waals surface area contributed by atoms with Gasteiger partial charge in [-0.1, -0.05) is 0 Å². The van der Waals surface area contributed by atoms with Gasteiger partial charge in [-0.2, -0.15) is 5.26 Å². The number of sulfonamides is 1. The molecule has 0 bridgehead atoms. The third kappa shape index (κ3) is 4.47. The molecule has 3 N–H and O–H groups in total. The summed E-state index contributed by atoms with van der Waals surface area (Å²) in [6, 6.07) is 12.3. The highest BCUT2D eigenvalue weighted by molar-refractivity contribution is 7.92. The molecule has 0 fully saturated rings. The zero-order valence-electron chi connectivity index (χ0n) is 18.0. The molecule has 0 unspecified atom stereocenters. The summed E-state index contributed by atoms with van der Waals surface area (Å²) in [6.45, 7) is 1.76. The van der Waals surface area contributed by atoms with Crippen LogP contribution in [0, 0.1) is 18.3 Å². The topological polar surface area (TPSA) is 146 Å². The van der Waals surface area contributed by atoms with Crippen LogP contribution >= 0.6 is 11.3 Å². The van der Waals surface area contributed by atoms with Gasteiger partial charge in [0.2, 0.25) is 0 Å². The van der Waals surface area contributed by atoms with E-state index in [1.165, 1.54) is 35.2 Å². The van der Waals surface area contributed by atoms with Crippen LogP contribution in [0.25, 0.3) is 16.6 Å². The van der Waals surface area contributed by atoms with E-state index >= 15 is 0 Å². The van der Waals surface area contributed by atoms with Crippen molar-refractivity contribution in [3.63, 3.8) is 0 Å². The Hall–Kier alpha value is -4.21. The number of urea groups is 1. The normalized spacial score (nSPS) is 11.1. The summed E-state index contributed by atoms with van der Waals surface area (Å²) in [6.07, 6.45) is 2.69. The fourth-order valence-corrected chi connectivity index (χ4v) is 5.43.